The summed E-state index contributed by atoms with van der Waals surface area (Å²) in [6.07, 6.45) is -4.41. The minimum Gasteiger partial charge on any atom is -0.364 e. The van der Waals surface area contributed by atoms with Crippen molar-refractivity contribution in [2.24, 2.45) is 5.73 Å². The van der Waals surface area contributed by atoms with Gasteiger partial charge in [-0.25, -0.2) is 0 Å². The Morgan fingerprint density at radius 2 is 1.78 bits per heavy atom. The van der Waals surface area contributed by atoms with E-state index in [0.717, 1.165) is 12.1 Å². The molecule has 0 saturated carbocycles. The van der Waals surface area contributed by atoms with E-state index in [-0.39, 0.29) is 11.4 Å². The molecule has 0 aliphatic rings. The molecule has 8 heteroatoms. The molecule has 0 aliphatic heterocycles. The molecule has 0 aliphatic carbocycles. The van der Waals surface area contributed by atoms with Crippen LogP contribution < -0.4 is 5.73 Å². The van der Waals surface area contributed by atoms with Crippen molar-refractivity contribution in [3.05, 3.63) is 35.5 Å². The number of amides is 1. The molecule has 94 valence electrons. The number of carbonyl (C=O) groups is 1. The number of aromatic nitrogens is 3. The van der Waals surface area contributed by atoms with Gasteiger partial charge in [-0.2, -0.15) is 28.6 Å². The Morgan fingerprint density at radius 1 is 1.17 bits per heavy atom. The second-order valence-electron chi connectivity index (χ2n) is 3.46. The van der Waals surface area contributed by atoms with Gasteiger partial charge in [0.15, 0.2) is 5.69 Å². The van der Waals surface area contributed by atoms with Crippen molar-refractivity contribution in [3.63, 3.8) is 0 Å². The Bertz CT molecular complexity index is 574. The van der Waals surface area contributed by atoms with Crippen molar-refractivity contribution in [1.29, 1.82) is 0 Å². The summed E-state index contributed by atoms with van der Waals surface area (Å²) in [5.41, 5.74) is 4.60. The number of nitrogens with one attached hydrogen (secondary N) is 1. The van der Waals surface area contributed by atoms with Crippen molar-refractivity contribution >= 4 is 5.91 Å². The van der Waals surface area contributed by atoms with Gasteiger partial charge in [0.25, 0.3) is 5.91 Å². The molecule has 0 radical (unpaired) electrons. The third-order valence-electron chi connectivity index (χ3n) is 2.27. The molecular weight excluding hydrogens is 249 g/mol. The Hall–Kier alpha value is -2.38. The monoisotopic (exact) mass is 256 g/mol. The molecule has 1 aromatic heterocycles. The van der Waals surface area contributed by atoms with E-state index >= 15 is 0 Å². The topological polar surface area (TPSA) is 84.7 Å². The highest BCUT2D eigenvalue weighted by molar-refractivity contribution is 5.96. The van der Waals surface area contributed by atoms with E-state index in [1.807, 2.05) is 0 Å². The average molecular weight is 256 g/mol. The molecule has 0 spiro atoms. The fourth-order valence-corrected chi connectivity index (χ4v) is 1.42. The molecular formula is C10H7F3N4O. The third-order valence-corrected chi connectivity index (χ3v) is 2.27. The quantitative estimate of drug-likeness (QED) is 0.855. The van der Waals surface area contributed by atoms with Crippen LogP contribution in [0.4, 0.5) is 13.2 Å². The van der Waals surface area contributed by atoms with Crippen molar-refractivity contribution < 1.29 is 18.0 Å². The van der Waals surface area contributed by atoms with Crippen LogP contribution in [0.2, 0.25) is 0 Å². The molecule has 2 rings (SSSR count). The fourth-order valence-electron chi connectivity index (χ4n) is 1.42. The summed E-state index contributed by atoms with van der Waals surface area (Å²) >= 11 is 0. The molecule has 1 aromatic carbocycles. The van der Waals surface area contributed by atoms with E-state index in [9.17, 15) is 18.0 Å². The van der Waals surface area contributed by atoms with E-state index in [2.05, 4.69) is 15.4 Å². The summed E-state index contributed by atoms with van der Waals surface area (Å²) in [7, 11) is 0. The average Bonchev–Trinajstić information content (AvgIpc) is 2.77. The first-order chi connectivity index (χ1) is 8.39. The Kier molecular flexibility index (Phi) is 2.77. The number of benzene rings is 1. The maximum Gasteiger partial charge on any atom is 0.416 e. The highest BCUT2D eigenvalue weighted by Crippen LogP contribution is 2.30. The predicted molar refractivity (Wildman–Crippen MR) is 55.3 cm³/mol. The Morgan fingerprint density at radius 3 is 2.28 bits per heavy atom. The van der Waals surface area contributed by atoms with Crippen molar-refractivity contribution in [2.75, 3.05) is 0 Å². The zero-order valence-electron chi connectivity index (χ0n) is 8.82. The summed E-state index contributed by atoms with van der Waals surface area (Å²) in [4.78, 5) is 11.0. The highest BCUT2D eigenvalue weighted by atomic mass is 19.4. The second kappa shape index (κ2) is 4.13. The zero-order chi connectivity index (χ0) is 13.3. The summed E-state index contributed by atoms with van der Waals surface area (Å²) < 4.78 is 37.1. The first-order valence-corrected chi connectivity index (χ1v) is 4.78. The van der Waals surface area contributed by atoms with Crippen LogP contribution in [-0.4, -0.2) is 21.3 Å². The van der Waals surface area contributed by atoms with E-state index in [1.54, 1.807) is 0 Å². The number of carbonyl (C=O) groups excluding carboxylic acids is 1. The number of rotatable bonds is 2. The lowest BCUT2D eigenvalue weighted by Gasteiger charge is -2.06. The summed E-state index contributed by atoms with van der Waals surface area (Å²) in [6.45, 7) is 0. The van der Waals surface area contributed by atoms with E-state index in [4.69, 9.17) is 5.73 Å². The van der Waals surface area contributed by atoms with Gasteiger partial charge in [-0.1, -0.05) is 12.1 Å². The lowest BCUT2D eigenvalue weighted by atomic mass is 10.1. The van der Waals surface area contributed by atoms with Crippen LogP contribution >= 0.6 is 0 Å². The fraction of sp³-hybridized carbons (Fsp3) is 0.100. The van der Waals surface area contributed by atoms with E-state index in [0.29, 0.717) is 5.56 Å². The smallest absolute Gasteiger partial charge is 0.364 e. The first-order valence-electron chi connectivity index (χ1n) is 4.78. The first kappa shape index (κ1) is 12.1. The van der Waals surface area contributed by atoms with Crippen LogP contribution in [0.1, 0.15) is 16.1 Å². The molecule has 0 fully saturated rings. The molecule has 18 heavy (non-hydrogen) atoms. The van der Waals surface area contributed by atoms with Crippen LogP contribution in [0, 0.1) is 0 Å². The van der Waals surface area contributed by atoms with Gasteiger partial charge in [-0.05, 0) is 12.1 Å². The van der Waals surface area contributed by atoms with Gasteiger partial charge < -0.3 is 5.73 Å². The molecule has 0 unspecified atom stereocenters. The number of hydrogen-bond acceptors (Lipinski definition) is 3. The number of halogens is 3. The lowest BCUT2D eigenvalue weighted by molar-refractivity contribution is -0.137. The number of hydrogen-bond donors (Lipinski definition) is 2. The van der Waals surface area contributed by atoms with E-state index < -0.39 is 17.6 Å². The Labute approximate surface area is 98.8 Å². The second-order valence-corrected chi connectivity index (χ2v) is 3.46. The predicted octanol–water partition coefficient (Wildman–Crippen LogP) is 1.59. The van der Waals surface area contributed by atoms with Crippen LogP contribution in [0.3, 0.4) is 0 Å². The zero-order valence-corrected chi connectivity index (χ0v) is 8.82. The van der Waals surface area contributed by atoms with Gasteiger partial charge in [-0.3, -0.25) is 4.79 Å². The summed E-state index contributed by atoms with van der Waals surface area (Å²) in [5.74, 6) is -0.807. The molecule has 0 bridgehead atoms. The maximum atomic E-state index is 12.4. The van der Waals surface area contributed by atoms with E-state index in [1.165, 1.54) is 12.1 Å². The minimum atomic E-state index is -4.41. The van der Waals surface area contributed by atoms with Gasteiger partial charge in [0.2, 0.25) is 0 Å². The van der Waals surface area contributed by atoms with Crippen LogP contribution in [0.25, 0.3) is 11.3 Å². The Balaban J connectivity index is 2.41. The number of H-pyrrole nitrogens is 1. The molecule has 2 aromatic rings. The van der Waals surface area contributed by atoms with Crippen LogP contribution in [0.5, 0.6) is 0 Å². The van der Waals surface area contributed by atoms with Crippen molar-refractivity contribution in [3.8, 4) is 11.3 Å². The minimum absolute atomic E-state index is 0.116. The number of aromatic amines is 1. The highest BCUT2D eigenvalue weighted by Gasteiger charge is 2.30. The standard InChI is InChI=1S/C10H7F3N4O/c11-10(12,13)6-3-1-5(2-4-6)7-8(9(14)18)16-17-15-7/h1-4H,(H2,14,18)(H,15,16,17). The van der Waals surface area contributed by atoms with Gasteiger partial charge >= 0.3 is 6.18 Å². The SMILES string of the molecule is NC(=O)c1n[nH]nc1-c1ccc(C(F)(F)F)cc1. The molecule has 0 saturated heterocycles. The maximum absolute atomic E-state index is 12.4. The number of nitrogens with two attached hydrogens (primary N) is 1. The van der Waals surface area contributed by atoms with Crippen molar-refractivity contribution in [2.45, 2.75) is 6.18 Å². The summed E-state index contributed by atoms with van der Waals surface area (Å²) in [5, 5.41) is 9.41. The largest absolute Gasteiger partial charge is 0.416 e. The molecule has 1 heterocycles. The summed E-state index contributed by atoms with van der Waals surface area (Å²) in [6, 6.07) is 4.20. The normalized spacial score (nSPS) is 11.5. The van der Waals surface area contributed by atoms with Gasteiger partial charge in [-0.15, -0.1) is 0 Å². The number of alkyl halides is 3. The molecule has 1 amide bonds. The van der Waals surface area contributed by atoms with Gasteiger partial charge in [0.05, 0.1) is 5.56 Å². The van der Waals surface area contributed by atoms with Crippen LogP contribution in [-0.2, 0) is 6.18 Å². The number of primary amides is 1. The molecule has 0 atom stereocenters. The molecule has 3 N–H and O–H groups in total. The van der Waals surface area contributed by atoms with Crippen LogP contribution in [0.15, 0.2) is 24.3 Å². The number of nitrogens with zero attached hydrogens (tertiary/aromatic N) is 2. The van der Waals surface area contributed by atoms with Gasteiger partial charge in [0, 0.05) is 5.56 Å². The van der Waals surface area contributed by atoms with Gasteiger partial charge in [0.1, 0.15) is 5.69 Å². The third kappa shape index (κ3) is 2.17. The lowest BCUT2D eigenvalue weighted by Crippen LogP contribution is -2.12. The van der Waals surface area contributed by atoms with Crippen molar-refractivity contribution in [1.82, 2.24) is 15.4 Å². The molecule has 5 nitrogen and oxygen atoms in total.